The SMILES string of the molecule is O=C(Cc1ccc(F)c(F)c1)Nn1c(N2CCCC2)nc2cc(F)ccc2c1=O. The predicted molar refractivity (Wildman–Crippen MR) is 102 cm³/mol. The van der Waals surface area contributed by atoms with Crippen molar-refractivity contribution >= 4 is 22.8 Å². The normalized spacial score (nSPS) is 13.8. The van der Waals surface area contributed by atoms with Crippen LogP contribution in [0.25, 0.3) is 10.9 Å². The van der Waals surface area contributed by atoms with Crippen LogP contribution < -0.4 is 15.9 Å². The molecule has 0 unspecified atom stereocenters. The topological polar surface area (TPSA) is 67.2 Å². The van der Waals surface area contributed by atoms with Crippen LogP contribution in [0.15, 0.2) is 41.2 Å². The van der Waals surface area contributed by atoms with Gasteiger partial charge in [0.25, 0.3) is 5.56 Å². The molecule has 1 aromatic heterocycles. The summed E-state index contributed by atoms with van der Waals surface area (Å²) < 4.78 is 41.1. The Balaban J connectivity index is 1.71. The molecule has 29 heavy (non-hydrogen) atoms. The smallest absolute Gasteiger partial charge is 0.281 e. The molecule has 150 valence electrons. The molecule has 1 N–H and O–H groups in total. The maximum atomic E-state index is 13.6. The number of halogens is 3. The number of fused-ring (bicyclic) bond motifs is 1. The van der Waals surface area contributed by atoms with Crippen molar-refractivity contribution in [3.8, 4) is 0 Å². The summed E-state index contributed by atoms with van der Waals surface area (Å²) in [6.45, 7) is 1.29. The number of carbonyl (C=O) groups excluding carboxylic acids is 1. The Bertz CT molecular complexity index is 1160. The highest BCUT2D eigenvalue weighted by molar-refractivity contribution is 5.87. The van der Waals surface area contributed by atoms with E-state index >= 15 is 0 Å². The molecule has 1 amide bonds. The molecule has 0 saturated carbocycles. The van der Waals surface area contributed by atoms with Gasteiger partial charge in [0, 0.05) is 19.2 Å². The summed E-state index contributed by atoms with van der Waals surface area (Å²) in [7, 11) is 0. The monoisotopic (exact) mass is 402 g/mol. The quantitative estimate of drug-likeness (QED) is 0.729. The highest BCUT2D eigenvalue weighted by Gasteiger charge is 2.22. The van der Waals surface area contributed by atoms with Crippen molar-refractivity contribution in [2.45, 2.75) is 19.3 Å². The molecule has 2 aromatic carbocycles. The minimum atomic E-state index is -1.06. The van der Waals surface area contributed by atoms with Gasteiger partial charge < -0.3 is 4.90 Å². The van der Waals surface area contributed by atoms with Crippen molar-refractivity contribution in [1.29, 1.82) is 0 Å². The van der Waals surface area contributed by atoms with Gasteiger partial charge in [-0.2, -0.15) is 4.68 Å². The first kappa shape index (κ1) is 19.0. The van der Waals surface area contributed by atoms with E-state index in [1.54, 1.807) is 0 Å². The van der Waals surface area contributed by atoms with Crippen molar-refractivity contribution < 1.29 is 18.0 Å². The Hall–Kier alpha value is -3.36. The third-order valence-corrected chi connectivity index (χ3v) is 4.79. The number of amides is 1. The van der Waals surface area contributed by atoms with Crippen LogP contribution in [0.5, 0.6) is 0 Å². The van der Waals surface area contributed by atoms with Gasteiger partial charge >= 0.3 is 0 Å². The Morgan fingerprint density at radius 1 is 1.03 bits per heavy atom. The lowest BCUT2D eigenvalue weighted by Gasteiger charge is -2.22. The molecule has 2 heterocycles. The van der Waals surface area contributed by atoms with Crippen LogP contribution in [0.1, 0.15) is 18.4 Å². The summed E-state index contributed by atoms with van der Waals surface area (Å²) in [4.78, 5) is 31.7. The Morgan fingerprint density at radius 3 is 2.52 bits per heavy atom. The predicted octanol–water partition coefficient (Wildman–Crippen LogP) is 2.73. The highest BCUT2D eigenvalue weighted by atomic mass is 19.2. The molecule has 0 aliphatic carbocycles. The zero-order valence-corrected chi connectivity index (χ0v) is 15.3. The second kappa shape index (κ2) is 7.57. The molecule has 9 heteroatoms. The van der Waals surface area contributed by atoms with E-state index in [1.165, 1.54) is 18.2 Å². The highest BCUT2D eigenvalue weighted by Crippen LogP contribution is 2.20. The lowest BCUT2D eigenvalue weighted by molar-refractivity contribution is -0.116. The number of hydrogen-bond acceptors (Lipinski definition) is 4. The Morgan fingerprint density at radius 2 is 1.79 bits per heavy atom. The summed E-state index contributed by atoms with van der Waals surface area (Å²) in [5, 5.41) is 0.155. The number of carbonyl (C=O) groups is 1. The lowest BCUT2D eigenvalue weighted by Crippen LogP contribution is -2.39. The van der Waals surface area contributed by atoms with E-state index in [0.29, 0.717) is 13.1 Å². The van der Waals surface area contributed by atoms with Gasteiger partial charge in [-0.1, -0.05) is 6.07 Å². The molecule has 1 saturated heterocycles. The summed E-state index contributed by atoms with van der Waals surface area (Å²) in [6, 6.07) is 6.79. The number of aromatic nitrogens is 2. The van der Waals surface area contributed by atoms with E-state index in [0.717, 1.165) is 35.7 Å². The van der Waals surface area contributed by atoms with E-state index in [-0.39, 0.29) is 28.8 Å². The summed E-state index contributed by atoms with van der Waals surface area (Å²) >= 11 is 0. The maximum Gasteiger partial charge on any atom is 0.281 e. The number of rotatable bonds is 4. The van der Waals surface area contributed by atoms with Crippen molar-refractivity contribution in [2.24, 2.45) is 0 Å². The van der Waals surface area contributed by atoms with Gasteiger partial charge in [0.1, 0.15) is 5.82 Å². The fraction of sp³-hybridized carbons (Fsp3) is 0.250. The zero-order valence-electron chi connectivity index (χ0n) is 15.3. The van der Waals surface area contributed by atoms with Gasteiger partial charge in [-0.25, -0.2) is 18.2 Å². The van der Waals surface area contributed by atoms with Crippen LogP contribution in [0.4, 0.5) is 19.1 Å². The number of hydrogen-bond donors (Lipinski definition) is 1. The van der Waals surface area contributed by atoms with Gasteiger partial charge in [0.15, 0.2) is 11.6 Å². The standard InChI is InChI=1S/C20H17F3N4O2/c21-13-4-5-14-17(11-13)24-20(26-7-1-2-8-26)27(19(14)29)25-18(28)10-12-3-6-15(22)16(23)9-12/h3-6,9,11H,1-2,7-8,10H2,(H,25,28). The number of nitrogens with one attached hydrogen (secondary N) is 1. The average molecular weight is 402 g/mol. The van der Waals surface area contributed by atoms with E-state index in [4.69, 9.17) is 0 Å². The third-order valence-electron chi connectivity index (χ3n) is 4.79. The fourth-order valence-corrected chi connectivity index (χ4v) is 3.38. The van der Waals surface area contributed by atoms with Crippen LogP contribution in [0.3, 0.4) is 0 Å². The van der Waals surface area contributed by atoms with Crippen molar-refractivity contribution in [3.63, 3.8) is 0 Å². The zero-order chi connectivity index (χ0) is 20.5. The molecular formula is C20H17F3N4O2. The largest absolute Gasteiger partial charge is 0.341 e. The minimum Gasteiger partial charge on any atom is -0.341 e. The first-order valence-electron chi connectivity index (χ1n) is 9.13. The molecule has 1 aliphatic heterocycles. The number of nitrogens with zero attached hydrogens (tertiary/aromatic N) is 3. The molecular weight excluding hydrogens is 385 g/mol. The summed E-state index contributed by atoms with van der Waals surface area (Å²) in [5.74, 6) is -2.96. The van der Waals surface area contributed by atoms with Crippen LogP contribution >= 0.6 is 0 Å². The fourth-order valence-electron chi connectivity index (χ4n) is 3.38. The second-order valence-electron chi connectivity index (χ2n) is 6.87. The van der Waals surface area contributed by atoms with E-state index in [1.807, 2.05) is 4.90 Å². The van der Waals surface area contributed by atoms with Crippen LogP contribution in [0, 0.1) is 17.5 Å². The average Bonchev–Trinajstić information content (AvgIpc) is 3.21. The molecule has 1 fully saturated rings. The Labute approximate surface area is 163 Å². The van der Waals surface area contributed by atoms with Crippen molar-refractivity contribution in [1.82, 2.24) is 9.66 Å². The molecule has 0 spiro atoms. The third kappa shape index (κ3) is 3.80. The Kier molecular flexibility index (Phi) is 4.96. The van der Waals surface area contributed by atoms with Gasteiger partial charge in [-0.15, -0.1) is 0 Å². The first-order valence-corrected chi connectivity index (χ1v) is 9.13. The summed E-state index contributed by atoms with van der Waals surface area (Å²) in [6.07, 6.45) is 1.55. The van der Waals surface area contributed by atoms with Gasteiger partial charge in [0.2, 0.25) is 11.9 Å². The maximum absolute atomic E-state index is 13.6. The van der Waals surface area contributed by atoms with Crippen LogP contribution in [-0.4, -0.2) is 28.7 Å². The first-order chi connectivity index (χ1) is 13.9. The second-order valence-corrected chi connectivity index (χ2v) is 6.87. The minimum absolute atomic E-state index is 0.155. The van der Waals surface area contributed by atoms with Crippen molar-refractivity contribution in [2.75, 3.05) is 23.4 Å². The molecule has 6 nitrogen and oxygen atoms in total. The van der Waals surface area contributed by atoms with E-state index in [2.05, 4.69) is 10.4 Å². The van der Waals surface area contributed by atoms with Gasteiger partial charge in [-0.3, -0.25) is 15.0 Å². The van der Waals surface area contributed by atoms with Gasteiger partial charge in [0.05, 0.1) is 17.3 Å². The lowest BCUT2D eigenvalue weighted by atomic mass is 10.1. The van der Waals surface area contributed by atoms with E-state index < -0.39 is 28.9 Å². The number of benzene rings is 2. The van der Waals surface area contributed by atoms with E-state index in [9.17, 15) is 22.8 Å². The number of anilines is 1. The molecule has 4 rings (SSSR count). The molecule has 3 aromatic rings. The van der Waals surface area contributed by atoms with Crippen LogP contribution in [0.2, 0.25) is 0 Å². The molecule has 0 radical (unpaired) electrons. The molecule has 0 atom stereocenters. The van der Waals surface area contributed by atoms with Crippen LogP contribution in [-0.2, 0) is 11.2 Å². The molecule has 0 bridgehead atoms. The molecule has 1 aliphatic rings. The van der Waals surface area contributed by atoms with Gasteiger partial charge in [-0.05, 0) is 42.7 Å². The summed E-state index contributed by atoms with van der Waals surface area (Å²) in [5.41, 5.74) is 2.40. The van der Waals surface area contributed by atoms with Crippen molar-refractivity contribution in [3.05, 3.63) is 69.8 Å².